The molecule has 1 atom stereocenters. The van der Waals surface area contributed by atoms with Crippen molar-refractivity contribution in [2.24, 2.45) is 5.73 Å². The zero-order chi connectivity index (χ0) is 27.1. The molecule has 2 amide bonds. The van der Waals surface area contributed by atoms with Crippen molar-refractivity contribution in [3.8, 4) is 0 Å². The molecular formula is C26H35F2N5O5. The second kappa shape index (κ2) is 13.3. The summed E-state index contributed by atoms with van der Waals surface area (Å²) in [5, 5.41) is 13.4. The van der Waals surface area contributed by atoms with E-state index in [0.717, 1.165) is 5.56 Å². The van der Waals surface area contributed by atoms with Crippen LogP contribution in [0, 0.1) is 0 Å². The minimum atomic E-state index is -3.46. The number of carbonyl (C=O) groups excluding carboxylic acids is 2. The summed E-state index contributed by atoms with van der Waals surface area (Å²) >= 11 is 0. The molecule has 0 fully saturated rings. The van der Waals surface area contributed by atoms with Gasteiger partial charge in [-0.15, -0.1) is 0 Å². The largest absolute Gasteiger partial charge is 0.443 e. The number of imidazole rings is 1. The molecule has 0 bridgehead atoms. The van der Waals surface area contributed by atoms with E-state index in [1.807, 2.05) is 35.6 Å². The highest BCUT2D eigenvalue weighted by Gasteiger charge is 2.29. The third kappa shape index (κ3) is 8.47. The third-order valence-corrected chi connectivity index (χ3v) is 5.33. The number of amides is 2. The Labute approximate surface area is 220 Å². The molecule has 2 heterocycles. The first-order valence-electron chi connectivity index (χ1n) is 11.6. The van der Waals surface area contributed by atoms with Crippen molar-refractivity contribution in [2.75, 3.05) is 19.8 Å². The minimum Gasteiger partial charge on any atom is -0.443 e. The lowest BCUT2D eigenvalue weighted by molar-refractivity contribution is -0.126. The second-order valence-corrected chi connectivity index (χ2v) is 9.09. The number of alkyl halides is 2. The molecule has 0 saturated carbocycles. The number of hydrogen-bond acceptors (Lipinski definition) is 7. The van der Waals surface area contributed by atoms with Crippen LogP contribution >= 0.6 is 0 Å². The predicted octanol–water partition coefficient (Wildman–Crippen LogP) is 2.94. The molecule has 0 unspecified atom stereocenters. The Morgan fingerprint density at radius 2 is 1.84 bits per heavy atom. The van der Waals surface area contributed by atoms with Gasteiger partial charge in [-0.3, -0.25) is 9.20 Å². The number of pyridine rings is 1. The second-order valence-electron chi connectivity index (χ2n) is 9.09. The molecule has 2 aromatic heterocycles. The Hall–Kier alpha value is -3.61. The van der Waals surface area contributed by atoms with Gasteiger partial charge in [-0.05, 0) is 31.5 Å². The molecule has 1 aromatic carbocycles. The van der Waals surface area contributed by atoms with E-state index in [2.05, 4.69) is 10.3 Å². The van der Waals surface area contributed by atoms with Gasteiger partial charge in [0.1, 0.15) is 25.1 Å². The van der Waals surface area contributed by atoms with E-state index in [9.17, 15) is 18.4 Å². The van der Waals surface area contributed by atoms with Gasteiger partial charge >= 0.3 is 6.09 Å². The first kappa shape index (κ1) is 30.6. The van der Waals surface area contributed by atoms with Gasteiger partial charge in [0, 0.05) is 0 Å². The van der Waals surface area contributed by atoms with Crippen molar-refractivity contribution in [3.63, 3.8) is 0 Å². The Morgan fingerprint density at radius 3 is 2.50 bits per heavy atom. The quantitative estimate of drug-likeness (QED) is 0.280. The average Bonchev–Trinajstić information content (AvgIpc) is 3.30. The molecule has 12 heteroatoms. The molecule has 38 heavy (non-hydrogen) atoms. The number of benzene rings is 1. The standard InChI is InChI=1S/C25H31F2N5O5.CH4/c1-24(2,28)22(34)31-20(14-36-12-17-7-4-3-5-8-17)21-29-11-18-9-6-10-19(32(18)21)13-37-23(35)30-15-25(26,27)16-33;/h3-11,20,33H,12-16,28H2,1-2H3,(H,30,35)(H,31,34);1H4/t20-;/m1./s1. The van der Waals surface area contributed by atoms with Gasteiger partial charge < -0.3 is 30.9 Å². The van der Waals surface area contributed by atoms with E-state index >= 15 is 0 Å². The maximum absolute atomic E-state index is 13.2. The highest BCUT2D eigenvalue weighted by atomic mass is 19.3. The molecule has 0 spiro atoms. The van der Waals surface area contributed by atoms with Crippen molar-refractivity contribution in [1.29, 1.82) is 0 Å². The molecule has 5 N–H and O–H groups in total. The molecule has 208 valence electrons. The molecule has 0 aliphatic rings. The van der Waals surface area contributed by atoms with Crippen molar-refractivity contribution >= 4 is 17.5 Å². The lowest BCUT2D eigenvalue weighted by Crippen LogP contribution is -2.51. The van der Waals surface area contributed by atoms with Crippen LogP contribution in [0.4, 0.5) is 13.6 Å². The monoisotopic (exact) mass is 535 g/mol. The number of aromatic nitrogens is 2. The van der Waals surface area contributed by atoms with Crippen LogP contribution in [0.2, 0.25) is 0 Å². The fourth-order valence-corrected chi connectivity index (χ4v) is 3.34. The maximum Gasteiger partial charge on any atom is 0.407 e. The summed E-state index contributed by atoms with van der Waals surface area (Å²) in [5.41, 5.74) is 6.89. The Morgan fingerprint density at radius 1 is 1.13 bits per heavy atom. The van der Waals surface area contributed by atoms with Gasteiger partial charge in [-0.25, -0.2) is 18.6 Å². The van der Waals surface area contributed by atoms with Crippen LogP contribution in [-0.2, 0) is 27.5 Å². The maximum atomic E-state index is 13.2. The van der Waals surface area contributed by atoms with Crippen molar-refractivity contribution in [1.82, 2.24) is 20.0 Å². The molecule has 0 aliphatic carbocycles. The number of nitrogens with two attached hydrogens (primary N) is 1. The van der Waals surface area contributed by atoms with Crippen molar-refractivity contribution < 1.29 is 33.0 Å². The van der Waals surface area contributed by atoms with Crippen LogP contribution in [0.1, 0.15) is 44.4 Å². The van der Waals surface area contributed by atoms with Crippen LogP contribution < -0.4 is 16.4 Å². The molecule has 0 saturated heterocycles. The third-order valence-electron chi connectivity index (χ3n) is 5.33. The summed E-state index contributed by atoms with van der Waals surface area (Å²) in [5.74, 6) is -3.47. The van der Waals surface area contributed by atoms with Crippen molar-refractivity contribution in [3.05, 3.63) is 71.8 Å². The van der Waals surface area contributed by atoms with Crippen LogP contribution in [0.3, 0.4) is 0 Å². The Bertz CT molecular complexity index is 1200. The van der Waals surface area contributed by atoms with Gasteiger partial charge in [-0.1, -0.05) is 43.8 Å². The number of aliphatic hydroxyl groups excluding tert-OH is 1. The van der Waals surface area contributed by atoms with Gasteiger partial charge in [0.25, 0.3) is 5.92 Å². The fourth-order valence-electron chi connectivity index (χ4n) is 3.34. The summed E-state index contributed by atoms with van der Waals surface area (Å²) < 4.78 is 39.1. The van der Waals surface area contributed by atoms with Gasteiger partial charge in [0.05, 0.1) is 42.7 Å². The van der Waals surface area contributed by atoms with Gasteiger partial charge in [0.15, 0.2) is 0 Å². The normalized spacial score (nSPS) is 12.5. The predicted molar refractivity (Wildman–Crippen MR) is 137 cm³/mol. The summed E-state index contributed by atoms with van der Waals surface area (Å²) in [7, 11) is 0. The summed E-state index contributed by atoms with van der Waals surface area (Å²) in [6, 6.07) is 14.0. The van der Waals surface area contributed by atoms with E-state index in [-0.39, 0.29) is 20.6 Å². The summed E-state index contributed by atoms with van der Waals surface area (Å²) in [6.07, 6.45) is 0.512. The molecule has 0 aliphatic heterocycles. The number of carbonyl (C=O) groups is 2. The SMILES string of the molecule is C.CC(C)(N)C(=O)N[C@H](COCc1ccccc1)c1ncc2cccc(COC(=O)NCC(F)(F)CO)n12. The van der Waals surface area contributed by atoms with E-state index in [1.165, 1.54) is 0 Å². The van der Waals surface area contributed by atoms with Crippen LogP contribution in [0.25, 0.3) is 5.52 Å². The van der Waals surface area contributed by atoms with E-state index in [1.54, 1.807) is 42.6 Å². The molecular weight excluding hydrogens is 500 g/mol. The van der Waals surface area contributed by atoms with Gasteiger partial charge in [0.2, 0.25) is 5.91 Å². The number of nitrogens with one attached hydrogen (secondary N) is 2. The highest BCUT2D eigenvalue weighted by molar-refractivity contribution is 5.85. The number of aliphatic hydroxyl groups is 1. The number of nitrogens with zero attached hydrogens (tertiary/aromatic N) is 2. The number of rotatable bonds is 12. The zero-order valence-corrected chi connectivity index (χ0v) is 20.6. The smallest absolute Gasteiger partial charge is 0.407 e. The lowest BCUT2D eigenvalue weighted by atomic mass is 10.1. The lowest BCUT2D eigenvalue weighted by Gasteiger charge is -2.24. The number of hydrogen-bond donors (Lipinski definition) is 4. The van der Waals surface area contributed by atoms with Crippen LogP contribution in [-0.4, -0.2) is 57.7 Å². The molecule has 10 nitrogen and oxygen atoms in total. The fraction of sp³-hybridized carbons (Fsp3) is 0.423. The minimum absolute atomic E-state index is 0. The van der Waals surface area contributed by atoms with Crippen LogP contribution in [0.15, 0.2) is 54.7 Å². The van der Waals surface area contributed by atoms with Gasteiger partial charge in [-0.2, -0.15) is 0 Å². The Kier molecular flexibility index (Phi) is 10.7. The van der Waals surface area contributed by atoms with E-state index in [0.29, 0.717) is 23.6 Å². The molecule has 3 aromatic rings. The van der Waals surface area contributed by atoms with Crippen molar-refractivity contribution in [2.45, 2.75) is 52.0 Å². The molecule has 0 radical (unpaired) electrons. The number of halogens is 2. The number of alkyl carbamates (subject to hydrolysis) is 1. The summed E-state index contributed by atoms with van der Waals surface area (Å²) in [4.78, 5) is 29.1. The molecule has 3 rings (SSSR count). The van der Waals surface area contributed by atoms with E-state index < -0.39 is 42.7 Å². The number of fused-ring (bicyclic) bond motifs is 1. The first-order chi connectivity index (χ1) is 17.5. The van der Waals surface area contributed by atoms with Crippen LogP contribution in [0.5, 0.6) is 0 Å². The Balaban J connectivity index is 0.00000507. The topological polar surface area (TPSA) is 140 Å². The zero-order valence-electron chi connectivity index (χ0n) is 20.6. The number of ether oxygens (including phenoxy) is 2. The highest BCUT2D eigenvalue weighted by Crippen LogP contribution is 2.20. The average molecular weight is 536 g/mol. The van der Waals surface area contributed by atoms with E-state index in [4.69, 9.17) is 20.3 Å². The summed E-state index contributed by atoms with van der Waals surface area (Å²) in [6.45, 7) is 0.789. The first-order valence-corrected chi connectivity index (χ1v) is 11.6.